The second-order valence-corrected chi connectivity index (χ2v) is 13.6. The van der Waals surface area contributed by atoms with Crippen LogP contribution in [-0.4, -0.2) is 31.3 Å². The van der Waals surface area contributed by atoms with Crippen molar-refractivity contribution < 1.29 is 4.21 Å². The van der Waals surface area contributed by atoms with Crippen molar-refractivity contribution in [2.75, 3.05) is 13.6 Å². The lowest BCUT2D eigenvalue weighted by atomic mass is 10.2. The van der Waals surface area contributed by atoms with Crippen LogP contribution in [0.2, 0.25) is 18.1 Å². The molecule has 1 unspecified atom stereocenters. The lowest BCUT2D eigenvalue weighted by molar-refractivity contribution is 0.647. The third kappa shape index (κ3) is 5.07. The first-order valence-corrected chi connectivity index (χ1v) is 10.7. The number of rotatable bonds is 5. The molecular weight excluding hydrogens is 250 g/mol. The molecule has 0 heterocycles. The molecule has 0 aromatic carbocycles. The number of nitrogens with one attached hydrogen (secondary N) is 1. The van der Waals surface area contributed by atoms with Crippen LogP contribution in [-0.2, 0) is 9.92 Å². The van der Waals surface area contributed by atoms with Crippen molar-refractivity contribution in [2.24, 2.45) is 9.17 Å². The minimum atomic E-state index is -2.58. The van der Waals surface area contributed by atoms with Gasteiger partial charge in [-0.25, -0.2) is 9.35 Å². The highest BCUT2D eigenvalue weighted by Gasteiger charge is 2.37. The molecule has 0 fully saturated rings. The van der Waals surface area contributed by atoms with Gasteiger partial charge in [0.15, 0.2) is 8.24 Å². The third-order valence-electron chi connectivity index (χ3n) is 3.58. The topological polar surface area (TPSA) is 67.5 Å². The van der Waals surface area contributed by atoms with Gasteiger partial charge in [-0.3, -0.25) is 4.03 Å². The molecule has 3 N–H and O–H groups in total. The van der Waals surface area contributed by atoms with Gasteiger partial charge in [0.25, 0.3) is 0 Å². The zero-order valence-corrected chi connectivity index (χ0v) is 14.1. The quantitative estimate of drug-likeness (QED) is 0.759. The monoisotopic (exact) mass is 279 g/mol. The van der Waals surface area contributed by atoms with Gasteiger partial charge in [0.2, 0.25) is 0 Å². The van der Waals surface area contributed by atoms with Crippen molar-refractivity contribution in [3.05, 3.63) is 0 Å². The van der Waals surface area contributed by atoms with Crippen molar-refractivity contribution in [2.45, 2.75) is 57.5 Å². The minimum absolute atomic E-state index is 0.0657. The van der Waals surface area contributed by atoms with E-state index in [0.717, 1.165) is 13.0 Å². The number of nitrogens with zero attached hydrogens (tertiary/aromatic N) is 1. The van der Waals surface area contributed by atoms with Crippen LogP contribution in [0.3, 0.4) is 0 Å². The average Bonchev–Trinajstić information content (AvgIpc) is 2.10. The lowest BCUT2D eigenvalue weighted by Gasteiger charge is -2.33. The van der Waals surface area contributed by atoms with Gasteiger partial charge in [0.05, 0.1) is 15.2 Å². The smallest absolute Gasteiger partial charge is 0.194 e. The number of nitrogens with two attached hydrogens (primary N) is 1. The average molecular weight is 280 g/mol. The molecule has 0 amide bonds. The Bertz CT molecular complexity index is 354. The Morgan fingerprint density at radius 3 is 2.24 bits per heavy atom. The maximum atomic E-state index is 12.5. The molecule has 4 nitrogen and oxygen atoms in total. The Morgan fingerprint density at radius 2 is 1.88 bits per heavy atom. The van der Waals surface area contributed by atoms with E-state index in [1.165, 1.54) is 0 Å². The Morgan fingerprint density at radius 1 is 1.41 bits per heavy atom. The van der Waals surface area contributed by atoms with Gasteiger partial charge in [0.1, 0.15) is 0 Å². The Hall–Kier alpha value is 0.0869. The fourth-order valence-corrected chi connectivity index (χ4v) is 6.22. The summed E-state index contributed by atoms with van der Waals surface area (Å²) < 4.78 is 17.1. The molecule has 0 saturated heterocycles. The van der Waals surface area contributed by atoms with Crippen molar-refractivity contribution in [3.8, 4) is 0 Å². The summed E-state index contributed by atoms with van der Waals surface area (Å²) in [6.07, 6.45) is 0.796. The van der Waals surface area contributed by atoms with Crippen LogP contribution in [0.5, 0.6) is 0 Å². The van der Waals surface area contributed by atoms with Crippen LogP contribution in [0.15, 0.2) is 4.03 Å². The fourth-order valence-electron chi connectivity index (χ4n) is 1.10. The molecule has 0 aromatic rings. The zero-order valence-electron chi connectivity index (χ0n) is 12.3. The van der Waals surface area contributed by atoms with Gasteiger partial charge in [-0.1, -0.05) is 20.8 Å². The molecule has 6 heteroatoms. The summed E-state index contributed by atoms with van der Waals surface area (Å²) in [7, 11) is -2.63. The summed E-state index contributed by atoms with van der Waals surface area (Å²) in [6.45, 7) is 13.5. The number of hydrogen-bond donors (Lipinski definition) is 2. The molecule has 104 valence electrons. The number of hydrogen-bond acceptors (Lipinski definition) is 3. The molecule has 0 radical (unpaired) electrons. The van der Waals surface area contributed by atoms with Crippen molar-refractivity contribution >= 4 is 18.2 Å². The predicted molar refractivity (Wildman–Crippen MR) is 80.0 cm³/mol. The Labute approximate surface area is 108 Å². The first-order valence-electron chi connectivity index (χ1n) is 6.13. The fraction of sp³-hybridized carbons (Fsp3) is 1.00. The highest BCUT2D eigenvalue weighted by atomic mass is 32.2. The van der Waals surface area contributed by atoms with Gasteiger partial charge < -0.3 is 5.32 Å². The Balaban J connectivity index is 5.11. The van der Waals surface area contributed by atoms with E-state index in [2.05, 4.69) is 43.2 Å². The summed E-state index contributed by atoms with van der Waals surface area (Å²) in [6, 6.07) is 0. The largest absolute Gasteiger partial charge is 0.320 e. The summed E-state index contributed by atoms with van der Waals surface area (Å²) in [4.78, 5) is 0. The van der Waals surface area contributed by atoms with Crippen LogP contribution < -0.4 is 10.5 Å². The van der Waals surface area contributed by atoms with Crippen LogP contribution in [0.4, 0.5) is 0 Å². The summed E-state index contributed by atoms with van der Waals surface area (Å²) in [5.41, 5.74) is 0. The van der Waals surface area contributed by atoms with Gasteiger partial charge >= 0.3 is 0 Å². The lowest BCUT2D eigenvalue weighted by Crippen LogP contribution is -2.40. The maximum Gasteiger partial charge on any atom is 0.194 e. The van der Waals surface area contributed by atoms with Gasteiger partial charge in [0, 0.05) is 0 Å². The first kappa shape index (κ1) is 17.1. The van der Waals surface area contributed by atoms with Crippen LogP contribution in [0, 0.1) is 0 Å². The van der Waals surface area contributed by atoms with E-state index in [-0.39, 0.29) is 10.3 Å². The normalized spacial score (nSPS) is 18.6. The predicted octanol–water partition coefficient (Wildman–Crippen LogP) is 2.33. The molecule has 0 saturated carbocycles. The molecule has 2 atom stereocenters. The highest BCUT2D eigenvalue weighted by molar-refractivity contribution is 7.92. The van der Waals surface area contributed by atoms with Crippen molar-refractivity contribution in [1.29, 1.82) is 0 Å². The Kier molecular flexibility index (Phi) is 5.85. The first-order chi connectivity index (χ1) is 7.44. The molecule has 0 aliphatic rings. The van der Waals surface area contributed by atoms with Crippen molar-refractivity contribution in [3.63, 3.8) is 0 Å². The summed E-state index contributed by atoms with van der Waals surface area (Å²) in [5, 5.41) is 9.02. The molecule has 0 spiro atoms. The summed E-state index contributed by atoms with van der Waals surface area (Å²) >= 11 is 0. The molecule has 0 rings (SSSR count). The van der Waals surface area contributed by atoms with Gasteiger partial charge in [-0.2, -0.15) is 0 Å². The standard InChI is InChI=1S/C11H29N3OSSi/c1-10(8-9-13-5)16(12,15)14-17(6,7)11(2,3)4/h10,13H,8-9H2,1-7H3,(H2,12,14,15)/t10?,16-/m1/s1. The van der Waals surface area contributed by atoms with Gasteiger partial charge in [-0.15, -0.1) is 0 Å². The summed E-state index contributed by atoms with van der Waals surface area (Å²) in [5.74, 6) is 0. The van der Waals surface area contributed by atoms with E-state index in [9.17, 15) is 4.21 Å². The molecule has 0 bridgehead atoms. The third-order valence-corrected chi connectivity index (χ3v) is 11.6. The van der Waals surface area contributed by atoms with E-state index >= 15 is 0 Å². The van der Waals surface area contributed by atoms with Crippen molar-refractivity contribution in [1.82, 2.24) is 5.32 Å². The van der Waals surface area contributed by atoms with Gasteiger partial charge in [-0.05, 0) is 45.1 Å². The molecule has 0 aliphatic carbocycles. The van der Waals surface area contributed by atoms with Crippen LogP contribution in [0.1, 0.15) is 34.1 Å². The molecule has 0 aliphatic heterocycles. The molecule has 17 heavy (non-hydrogen) atoms. The highest BCUT2D eigenvalue weighted by Crippen LogP contribution is 2.37. The second-order valence-electron chi connectivity index (χ2n) is 6.22. The van der Waals surface area contributed by atoms with Crippen LogP contribution >= 0.6 is 0 Å². The van der Waals surface area contributed by atoms with Crippen LogP contribution in [0.25, 0.3) is 0 Å². The maximum absolute atomic E-state index is 12.5. The van der Waals surface area contributed by atoms with E-state index in [4.69, 9.17) is 5.14 Å². The van der Waals surface area contributed by atoms with E-state index < -0.39 is 18.2 Å². The van der Waals surface area contributed by atoms with E-state index in [1.807, 2.05) is 14.0 Å². The molecule has 0 aromatic heterocycles. The minimum Gasteiger partial charge on any atom is -0.320 e. The molecular formula is C11H29N3OSSi. The van der Waals surface area contributed by atoms with E-state index in [1.54, 1.807) is 0 Å². The SMILES string of the molecule is CNCCC(C)[S@](N)(=O)=N[Si](C)(C)C(C)(C)C. The zero-order chi connectivity index (χ0) is 13.9. The van der Waals surface area contributed by atoms with E-state index in [0.29, 0.717) is 0 Å². The second kappa shape index (κ2) is 5.82.